The Morgan fingerprint density at radius 1 is 0.500 bits per heavy atom. The van der Waals surface area contributed by atoms with Crippen LogP contribution in [0.15, 0.2) is 121 Å². The van der Waals surface area contributed by atoms with E-state index in [9.17, 15) is 0 Å². The molecule has 4 bridgehead atoms. The molecule has 9 aromatic rings. The molecule has 0 unspecified atom stereocenters. The van der Waals surface area contributed by atoms with Gasteiger partial charge >= 0.3 is 0 Å². The summed E-state index contributed by atoms with van der Waals surface area (Å²) in [5.74, 6) is 3.78. The third kappa shape index (κ3) is 4.52. The van der Waals surface area contributed by atoms with Gasteiger partial charge in [-0.15, -0.1) is 16.4 Å². The summed E-state index contributed by atoms with van der Waals surface area (Å²) in [6.07, 6.45) is 6.97. The Bertz CT molecular complexity index is 3310. The Labute approximate surface area is 356 Å². The molecule has 7 aromatic carbocycles. The number of hydrogen-bond acceptors (Lipinski definition) is 2. The second-order valence-electron chi connectivity index (χ2n) is 18.1. The van der Waals surface area contributed by atoms with E-state index in [0.29, 0.717) is 17.2 Å². The van der Waals surface area contributed by atoms with Gasteiger partial charge in [0.05, 0.1) is 22.2 Å². The highest BCUT2D eigenvalue weighted by molar-refractivity contribution is 6.68. The lowest BCUT2D eigenvalue weighted by Gasteiger charge is -2.61. The first-order valence-electron chi connectivity index (χ1n) is 21.3. The first-order chi connectivity index (χ1) is 29.3. The molecule has 0 N–H and O–H groups in total. The molecule has 8 heteroatoms. The van der Waals surface area contributed by atoms with Crippen LogP contribution in [0.4, 0.5) is 0 Å². The van der Waals surface area contributed by atoms with Crippen molar-refractivity contribution in [3.05, 3.63) is 132 Å². The Balaban J connectivity index is 1.04. The van der Waals surface area contributed by atoms with E-state index >= 15 is 0 Å². The smallest absolute Gasteiger partial charge is 0.235 e. The van der Waals surface area contributed by atoms with Gasteiger partial charge in [-0.25, -0.2) is 9.97 Å². The molecule has 60 heavy (non-hydrogen) atoms. The number of fused-ring (bicyclic) bond motifs is 9. The van der Waals surface area contributed by atoms with Gasteiger partial charge in [0.1, 0.15) is 39.2 Å². The van der Waals surface area contributed by atoms with Gasteiger partial charge < -0.3 is 0 Å². The van der Waals surface area contributed by atoms with E-state index in [4.69, 9.17) is 49.2 Å². The van der Waals surface area contributed by atoms with Crippen LogP contribution in [-0.4, -0.2) is 53.8 Å². The molecule has 5 aliphatic carbocycles. The van der Waals surface area contributed by atoms with Crippen molar-refractivity contribution in [3.63, 3.8) is 0 Å². The van der Waals surface area contributed by atoms with Gasteiger partial charge in [-0.2, -0.15) is 0 Å². The van der Waals surface area contributed by atoms with Crippen LogP contribution in [0.25, 0.3) is 82.9 Å². The molecule has 4 saturated carbocycles. The molecule has 2 aromatic heterocycles. The third-order valence-electron chi connectivity index (χ3n) is 15.3. The van der Waals surface area contributed by atoms with Gasteiger partial charge in [0.2, 0.25) is 5.95 Å². The van der Waals surface area contributed by atoms with Gasteiger partial charge in [0.15, 0.2) is 0 Å². The first kappa shape index (κ1) is 35.1. The number of nitrogens with zero attached hydrogens (tertiary/aromatic N) is 3. The molecular formula is C52H34B5N3. The van der Waals surface area contributed by atoms with Crippen molar-refractivity contribution in [1.82, 2.24) is 14.5 Å². The van der Waals surface area contributed by atoms with Crippen molar-refractivity contribution in [1.29, 1.82) is 0 Å². The van der Waals surface area contributed by atoms with Crippen molar-refractivity contribution in [3.8, 4) is 39.5 Å². The molecule has 0 saturated heterocycles. The fraction of sp³-hybridized carbons (Fsp3) is 0.192. The van der Waals surface area contributed by atoms with Gasteiger partial charge in [-0.05, 0) is 124 Å². The minimum atomic E-state index is 0.147. The maximum Gasteiger partial charge on any atom is 0.235 e. The van der Waals surface area contributed by atoms with E-state index < -0.39 is 0 Å². The van der Waals surface area contributed by atoms with E-state index in [1.165, 1.54) is 54.4 Å². The number of benzene rings is 7. The third-order valence-corrected chi connectivity index (χ3v) is 15.3. The van der Waals surface area contributed by atoms with Crippen molar-refractivity contribution < 1.29 is 0 Å². The summed E-state index contributed by atoms with van der Waals surface area (Å²) < 4.78 is 2.18. The summed E-state index contributed by atoms with van der Waals surface area (Å²) in [6.45, 7) is 0. The number of rotatable bonds is 3. The quantitative estimate of drug-likeness (QED) is 0.184. The van der Waals surface area contributed by atoms with E-state index in [1.54, 1.807) is 11.1 Å². The lowest BCUT2D eigenvalue weighted by molar-refractivity contribution is -0.0399. The zero-order valence-corrected chi connectivity index (χ0v) is 33.1. The van der Waals surface area contributed by atoms with Gasteiger partial charge in [-0.1, -0.05) is 108 Å². The molecule has 0 aliphatic heterocycles. The maximum absolute atomic E-state index is 6.70. The Morgan fingerprint density at radius 3 is 1.92 bits per heavy atom. The molecule has 5 aliphatic rings. The van der Waals surface area contributed by atoms with Gasteiger partial charge in [0, 0.05) is 27.0 Å². The Hall–Kier alpha value is -5.74. The number of para-hydroxylation sites is 1. The SMILES string of the molecule is [B]c1c([B])c([B])c(-c2nc(-n3c4ccc(-c5ccc6c(c5)-c5ccccc5C65C6CC7CC(C6)CC5C7)cc4c4ccc5ccccc5c43)nc3ccccc23)c([B])c1[B]. The minimum absolute atomic E-state index is 0.147. The summed E-state index contributed by atoms with van der Waals surface area (Å²) in [4.78, 5) is 10.5. The molecule has 14 rings (SSSR count). The van der Waals surface area contributed by atoms with Crippen LogP contribution in [-0.2, 0) is 5.41 Å². The predicted octanol–water partition coefficient (Wildman–Crippen LogP) is 6.91. The average Bonchev–Trinajstić information content (AvgIpc) is 3.77. The van der Waals surface area contributed by atoms with Crippen LogP contribution in [0, 0.1) is 23.7 Å². The van der Waals surface area contributed by atoms with Crippen LogP contribution in [0.5, 0.6) is 0 Å². The molecule has 10 radical (unpaired) electrons. The van der Waals surface area contributed by atoms with E-state index in [0.717, 1.165) is 67.2 Å². The molecule has 272 valence electrons. The first-order valence-corrected chi connectivity index (χ1v) is 21.3. The Kier molecular flexibility index (Phi) is 7.25. The maximum atomic E-state index is 6.70. The van der Waals surface area contributed by atoms with E-state index in [-0.39, 0.29) is 32.7 Å². The van der Waals surface area contributed by atoms with Crippen molar-refractivity contribution in [2.45, 2.75) is 37.5 Å². The number of aromatic nitrogens is 3. The highest BCUT2D eigenvalue weighted by atomic mass is 15.2. The highest BCUT2D eigenvalue weighted by Gasteiger charge is 2.61. The molecule has 1 spiro atoms. The van der Waals surface area contributed by atoms with Gasteiger partial charge in [-0.3, -0.25) is 4.57 Å². The normalized spacial score (nSPS) is 22.4. The van der Waals surface area contributed by atoms with E-state index in [1.807, 2.05) is 24.3 Å². The van der Waals surface area contributed by atoms with Crippen molar-refractivity contribution in [2.75, 3.05) is 0 Å². The number of hydrogen-bond donors (Lipinski definition) is 0. The van der Waals surface area contributed by atoms with Crippen LogP contribution in [0.2, 0.25) is 0 Å². The lowest BCUT2D eigenvalue weighted by Crippen LogP contribution is -2.55. The predicted molar refractivity (Wildman–Crippen MR) is 252 cm³/mol. The van der Waals surface area contributed by atoms with Crippen molar-refractivity contribution >= 4 is 110 Å². The van der Waals surface area contributed by atoms with Crippen LogP contribution in [0.3, 0.4) is 0 Å². The molecule has 0 amide bonds. The fourth-order valence-electron chi connectivity index (χ4n) is 13.0. The zero-order valence-electron chi connectivity index (χ0n) is 33.1. The zero-order chi connectivity index (χ0) is 40.2. The second-order valence-corrected chi connectivity index (χ2v) is 18.1. The summed E-state index contributed by atoms with van der Waals surface area (Å²) in [6, 6.07) is 44.3. The molecule has 0 atom stereocenters. The topological polar surface area (TPSA) is 30.7 Å². The lowest BCUT2D eigenvalue weighted by atomic mass is 9.43. The van der Waals surface area contributed by atoms with Crippen LogP contribution < -0.4 is 27.3 Å². The second kappa shape index (κ2) is 12.4. The minimum Gasteiger partial charge on any atom is -0.277 e. The Morgan fingerprint density at radius 2 is 1.13 bits per heavy atom. The van der Waals surface area contributed by atoms with Crippen LogP contribution in [0.1, 0.15) is 43.2 Å². The average molecular weight is 755 g/mol. The van der Waals surface area contributed by atoms with Gasteiger partial charge in [0.25, 0.3) is 0 Å². The summed E-state index contributed by atoms with van der Waals surface area (Å²) >= 11 is 0. The van der Waals surface area contributed by atoms with Crippen molar-refractivity contribution in [2.24, 2.45) is 23.7 Å². The monoisotopic (exact) mass is 755 g/mol. The highest BCUT2D eigenvalue weighted by Crippen LogP contribution is 2.69. The largest absolute Gasteiger partial charge is 0.277 e. The molecule has 3 nitrogen and oxygen atoms in total. The van der Waals surface area contributed by atoms with E-state index in [2.05, 4.69) is 102 Å². The summed E-state index contributed by atoms with van der Waals surface area (Å²) in [5, 5.41) is 5.22. The summed E-state index contributed by atoms with van der Waals surface area (Å²) in [5.41, 5.74) is 13.3. The standard InChI is InChI=1S/C52H34B5N3/c53-44-43(45(54)47(56)48(57)46(44)55)49-36-10-4-6-12-41(36)58-51(59-49)60-42-18-15-30(25-38(42)35-16-13-28-7-1-2-8-33(28)50(35)60)29-14-17-40-37(24-29)34-9-3-5-11-39(34)52(40)31-20-26-19-27(22-31)23-32(52)21-26/h1-18,24-27,31-32H,19-23H2. The summed E-state index contributed by atoms with van der Waals surface area (Å²) in [7, 11) is 32.5. The molecule has 4 fully saturated rings. The van der Waals surface area contributed by atoms with Crippen LogP contribution >= 0.6 is 0 Å². The molecule has 2 heterocycles. The fourth-order valence-corrected chi connectivity index (χ4v) is 13.0. The molecular weight excluding hydrogens is 721 g/mol.